The van der Waals surface area contributed by atoms with E-state index < -0.39 is 0 Å². The minimum Gasteiger partial charge on any atom is -0.394 e. The molecule has 0 amide bonds. The Labute approximate surface area is 90.2 Å². The van der Waals surface area contributed by atoms with E-state index in [0.717, 1.165) is 49.9 Å². The number of hydrogen-bond donors (Lipinski definition) is 2. The molecule has 5 heteroatoms. The second kappa shape index (κ2) is 4.10. The van der Waals surface area contributed by atoms with Gasteiger partial charge in [-0.2, -0.15) is 5.10 Å². The highest BCUT2D eigenvalue weighted by Gasteiger charge is 2.19. The van der Waals surface area contributed by atoms with Gasteiger partial charge in [0.2, 0.25) is 0 Å². The second-order valence-electron chi connectivity index (χ2n) is 3.88. The number of nitrogens with zero attached hydrogens (tertiary/aromatic N) is 3. The van der Waals surface area contributed by atoms with Gasteiger partial charge in [-0.1, -0.05) is 0 Å². The minimum absolute atomic E-state index is 0.832. The zero-order valence-corrected chi connectivity index (χ0v) is 9.45. The molecule has 0 radical (unpaired) electrons. The first kappa shape index (κ1) is 10.3. The Morgan fingerprint density at radius 3 is 2.67 bits per heavy atom. The van der Waals surface area contributed by atoms with Crippen molar-refractivity contribution in [3.63, 3.8) is 0 Å². The molecule has 1 aromatic heterocycles. The van der Waals surface area contributed by atoms with Crippen molar-refractivity contribution in [3.05, 3.63) is 5.69 Å². The molecular weight excluding hydrogens is 190 g/mol. The largest absolute Gasteiger partial charge is 0.394 e. The van der Waals surface area contributed by atoms with E-state index in [2.05, 4.69) is 22.2 Å². The van der Waals surface area contributed by atoms with Crippen LogP contribution in [-0.2, 0) is 6.54 Å². The second-order valence-corrected chi connectivity index (χ2v) is 3.88. The molecule has 2 rings (SSSR count). The first-order chi connectivity index (χ1) is 7.24. The van der Waals surface area contributed by atoms with E-state index in [9.17, 15) is 0 Å². The van der Waals surface area contributed by atoms with Gasteiger partial charge in [0.15, 0.2) is 5.82 Å². The molecule has 1 saturated heterocycles. The zero-order valence-electron chi connectivity index (χ0n) is 9.45. The van der Waals surface area contributed by atoms with Crippen molar-refractivity contribution in [2.24, 2.45) is 0 Å². The van der Waals surface area contributed by atoms with Gasteiger partial charge in [-0.15, -0.1) is 0 Å². The summed E-state index contributed by atoms with van der Waals surface area (Å²) in [6, 6.07) is 0. The van der Waals surface area contributed by atoms with Crippen LogP contribution in [0.4, 0.5) is 11.5 Å². The number of anilines is 2. The van der Waals surface area contributed by atoms with Crippen molar-refractivity contribution in [1.82, 2.24) is 15.1 Å². The van der Waals surface area contributed by atoms with Crippen LogP contribution in [0.5, 0.6) is 0 Å². The van der Waals surface area contributed by atoms with Gasteiger partial charge in [-0.05, 0) is 13.8 Å². The van der Waals surface area contributed by atoms with Crippen molar-refractivity contribution in [2.45, 2.75) is 20.4 Å². The summed E-state index contributed by atoms with van der Waals surface area (Å²) >= 11 is 0. The summed E-state index contributed by atoms with van der Waals surface area (Å²) in [4.78, 5) is 2.31. The van der Waals surface area contributed by atoms with Gasteiger partial charge in [0, 0.05) is 32.7 Å². The number of aromatic nitrogens is 2. The lowest BCUT2D eigenvalue weighted by molar-refractivity contribution is 0.560. The fraction of sp³-hybridized carbons (Fsp3) is 0.700. The fourth-order valence-corrected chi connectivity index (χ4v) is 2.01. The summed E-state index contributed by atoms with van der Waals surface area (Å²) in [5, 5.41) is 7.77. The molecule has 0 saturated carbocycles. The summed E-state index contributed by atoms with van der Waals surface area (Å²) in [6.07, 6.45) is 0. The average Bonchev–Trinajstić information content (AvgIpc) is 2.56. The molecule has 84 valence electrons. The molecule has 2 heterocycles. The van der Waals surface area contributed by atoms with Crippen LogP contribution in [0.3, 0.4) is 0 Å². The highest BCUT2D eigenvalue weighted by Crippen LogP contribution is 2.26. The van der Waals surface area contributed by atoms with E-state index in [1.807, 2.05) is 11.6 Å². The summed E-state index contributed by atoms with van der Waals surface area (Å²) < 4.78 is 2.00. The Hall–Kier alpha value is -1.23. The molecule has 1 aliphatic rings. The predicted octanol–water partition coefficient (Wildman–Crippen LogP) is 0.203. The standard InChI is InChI=1S/C10H19N5/c1-3-15-10(9(11)8(2)13-15)14-6-4-12-5-7-14/h12H,3-7,11H2,1-2H3. The van der Waals surface area contributed by atoms with Crippen molar-refractivity contribution >= 4 is 11.5 Å². The van der Waals surface area contributed by atoms with Gasteiger partial charge >= 0.3 is 0 Å². The zero-order chi connectivity index (χ0) is 10.8. The summed E-state index contributed by atoms with van der Waals surface area (Å²) in [5.41, 5.74) is 7.83. The molecule has 3 N–H and O–H groups in total. The molecule has 5 nitrogen and oxygen atoms in total. The summed E-state index contributed by atoms with van der Waals surface area (Å²) in [5.74, 6) is 1.09. The summed E-state index contributed by atoms with van der Waals surface area (Å²) in [7, 11) is 0. The van der Waals surface area contributed by atoms with E-state index >= 15 is 0 Å². The lowest BCUT2D eigenvalue weighted by Gasteiger charge is -2.29. The van der Waals surface area contributed by atoms with Gasteiger partial charge in [-0.25, -0.2) is 4.68 Å². The Morgan fingerprint density at radius 1 is 1.40 bits per heavy atom. The molecular formula is C10H19N5. The van der Waals surface area contributed by atoms with Crippen molar-refractivity contribution in [3.8, 4) is 0 Å². The molecule has 1 aliphatic heterocycles. The third kappa shape index (κ3) is 1.79. The monoisotopic (exact) mass is 209 g/mol. The number of hydrogen-bond acceptors (Lipinski definition) is 4. The molecule has 0 aromatic carbocycles. The van der Waals surface area contributed by atoms with Gasteiger partial charge < -0.3 is 16.0 Å². The highest BCUT2D eigenvalue weighted by atomic mass is 15.4. The van der Waals surface area contributed by atoms with Gasteiger partial charge in [0.1, 0.15) is 0 Å². The maximum absolute atomic E-state index is 6.06. The van der Waals surface area contributed by atoms with Crippen LogP contribution in [0, 0.1) is 6.92 Å². The number of aryl methyl sites for hydroxylation is 2. The van der Waals surface area contributed by atoms with E-state index in [0.29, 0.717) is 0 Å². The van der Waals surface area contributed by atoms with Gasteiger partial charge in [0.25, 0.3) is 0 Å². The van der Waals surface area contributed by atoms with Crippen LogP contribution in [0.2, 0.25) is 0 Å². The third-order valence-corrected chi connectivity index (χ3v) is 2.86. The lowest BCUT2D eigenvalue weighted by atomic mass is 10.3. The lowest BCUT2D eigenvalue weighted by Crippen LogP contribution is -2.44. The van der Waals surface area contributed by atoms with Crippen LogP contribution >= 0.6 is 0 Å². The SMILES string of the molecule is CCn1nc(C)c(N)c1N1CCNCC1. The fourth-order valence-electron chi connectivity index (χ4n) is 2.01. The number of nitrogens with one attached hydrogen (secondary N) is 1. The maximum Gasteiger partial charge on any atom is 0.150 e. The molecule has 0 bridgehead atoms. The van der Waals surface area contributed by atoms with Crippen molar-refractivity contribution < 1.29 is 0 Å². The maximum atomic E-state index is 6.06. The van der Waals surface area contributed by atoms with E-state index in [1.165, 1.54) is 0 Å². The highest BCUT2D eigenvalue weighted by molar-refractivity contribution is 5.66. The van der Waals surface area contributed by atoms with Gasteiger partial charge in [0.05, 0.1) is 11.4 Å². The first-order valence-electron chi connectivity index (χ1n) is 5.52. The normalized spacial score (nSPS) is 17.1. The predicted molar refractivity (Wildman–Crippen MR) is 62.1 cm³/mol. The Bertz CT molecular complexity index is 338. The van der Waals surface area contributed by atoms with Crippen LogP contribution < -0.4 is 16.0 Å². The number of piperazine rings is 1. The quantitative estimate of drug-likeness (QED) is 0.730. The van der Waals surface area contributed by atoms with Crippen molar-refractivity contribution in [1.29, 1.82) is 0 Å². The van der Waals surface area contributed by atoms with E-state index in [-0.39, 0.29) is 0 Å². The molecule has 15 heavy (non-hydrogen) atoms. The number of nitrogen functional groups attached to an aromatic ring is 1. The number of rotatable bonds is 2. The van der Waals surface area contributed by atoms with E-state index in [1.54, 1.807) is 0 Å². The Kier molecular flexibility index (Phi) is 2.81. The molecule has 0 unspecified atom stereocenters. The molecule has 0 atom stereocenters. The van der Waals surface area contributed by atoms with Crippen LogP contribution in [-0.4, -0.2) is 36.0 Å². The third-order valence-electron chi connectivity index (χ3n) is 2.86. The van der Waals surface area contributed by atoms with Crippen LogP contribution in [0.15, 0.2) is 0 Å². The molecule has 0 aliphatic carbocycles. The summed E-state index contributed by atoms with van der Waals surface area (Å²) in [6.45, 7) is 8.99. The van der Waals surface area contributed by atoms with Crippen molar-refractivity contribution in [2.75, 3.05) is 36.8 Å². The topological polar surface area (TPSA) is 59.1 Å². The average molecular weight is 209 g/mol. The Morgan fingerprint density at radius 2 is 2.07 bits per heavy atom. The Balaban J connectivity index is 2.31. The molecule has 1 fully saturated rings. The smallest absolute Gasteiger partial charge is 0.150 e. The first-order valence-corrected chi connectivity index (χ1v) is 5.52. The van der Waals surface area contributed by atoms with Crippen LogP contribution in [0.1, 0.15) is 12.6 Å². The molecule has 1 aromatic rings. The van der Waals surface area contributed by atoms with Crippen LogP contribution in [0.25, 0.3) is 0 Å². The van der Waals surface area contributed by atoms with E-state index in [4.69, 9.17) is 5.73 Å². The molecule has 0 spiro atoms. The minimum atomic E-state index is 0.832. The number of nitrogens with two attached hydrogens (primary N) is 1. The van der Waals surface area contributed by atoms with Gasteiger partial charge in [-0.3, -0.25) is 0 Å².